The maximum Gasteiger partial charge on any atom is 0.231 e. The Morgan fingerprint density at radius 3 is 2.88 bits per heavy atom. The van der Waals surface area contributed by atoms with Crippen molar-refractivity contribution < 1.29 is 18.9 Å². The molecule has 0 aliphatic carbocycles. The zero-order valence-electron chi connectivity index (χ0n) is 9.56. The molecule has 0 amide bonds. The quantitative estimate of drug-likeness (QED) is 0.716. The van der Waals surface area contributed by atoms with E-state index in [9.17, 15) is 0 Å². The molecule has 1 aromatic rings. The summed E-state index contributed by atoms with van der Waals surface area (Å²) in [5.41, 5.74) is 1.12. The van der Waals surface area contributed by atoms with E-state index in [1.54, 1.807) is 7.11 Å². The Morgan fingerprint density at radius 2 is 2.12 bits per heavy atom. The van der Waals surface area contributed by atoms with Crippen LogP contribution in [0.15, 0.2) is 18.2 Å². The summed E-state index contributed by atoms with van der Waals surface area (Å²) in [7, 11) is 1.65. The van der Waals surface area contributed by atoms with Gasteiger partial charge in [-0.25, -0.2) is 0 Å². The molecule has 0 N–H and O–H groups in total. The second-order valence-corrected chi connectivity index (χ2v) is 3.51. The fourth-order valence-electron chi connectivity index (χ4n) is 1.66. The van der Waals surface area contributed by atoms with Gasteiger partial charge in [-0.3, -0.25) is 0 Å². The standard InChI is InChI=1S/C12H16O4/c1-3-14-12(13-2)7-9-4-5-10-11(6-9)16-8-15-10/h4-6,12H,3,7-8H2,1-2H3. The molecule has 4 nitrogen and oxygen atoms in total. The van der Waals surface area contributed by atoms with Crippen molar-refractivity contribution in [3.05, 3.63) is 23.8 Å². The number of benzene rings is 1. The van der Waals surface area contributed by atoms with Gasteiger partial charge in [-0.2, -0.15) is 0 Å². The molecule has 16 heavy (non-hydrogen) atoms. The Morgan fingerprint density at radius 1 is 1.31 bits per heavy atom. The van der Waals surface area contributed by atoms with Crippen molar-refractivity contribution in [1.82, 2.24) is 0 Å². The molecular weight excluding hydrogens is 208 g/mol. The van der Waals surface area contributed by atoms with Crippen molar-refractivity contribution in [3.8, 4) is 11.5 Å². The smallest absolute Gasteiger partial charge is 0.231 e. The molecule has 1 unspecified atom stereocenters. The molecule has 1 aliphatic rings. The van der Waals surface area contributed by atoms with Crippen molar-refractivity contribution in [3.63, 3.8) is 0 Å². The first kappa shape index (κ1) is 11.2. The maximum absolute atomic E-state index is 5.42. The number of hydrogen-bond donors (Lipinski definition) is 0. The number of methoxy groups -OCH3 is 1. The molecule has 0 spiro atoms. The Labute approximate surface area is 95.1 Å². The SMILES string of the molecule is CCOC(Cc1ccc2c(c1)OCO2)OC. The molecule has 4 heteroatoms. The minimum Gasteiger partial charge on any atom is -0.454 e. The van der Waals surface area contributed by atoms with Gasteiger partial charge in [-0.05, 0) is 24.6 Å². The highest BCUT2D eigenvalue weighted by Crippen LogP contribution is 2.32. The van der Waals surface area contributed by atoms with E-state index < -0.39 is 0 Å². The minimum atomic E-state index is -0.203. The summed E-state index contributed by atoms with van der Waals surface area (Å²) in [6.45, 7) is 2.90. The third-order valence-corrected chi connectivity index (χ3v) is 2.45. The van der Waals surface area contributed by atoms with E-state index in [4.69, 9.17) is 18.9 Å². The monoisotopic (exact) mass is 224 g/mol. The van der Waals surface area contributed by atoms with E-state index in [1.807, 2.05) is 25.1 Å². The highest BCUT2D eigenvalue weighted by atomic mass is 16.7. The lowest BCUT2D eigenvalue weighted by molar-refractivity contribution is -0.118. The third kappa shape index (κ3) is 2.46. The highest BCUT2D eigenvalue weighted by Gasteiger charge is 2.15. The molecule has 1 aromatic carbocycles. The molecule has 2 rings (SSSR count). The fourth-order valence-corrected chi connectivity index (χ4v) is 1.66. The first-order valence-corrected chi connectivity index (χ1v) is 5.36. The number of ether oxygens (including phenoxy) is 4. The van der Waals surface area contributed by atoms with Crippen molar-refractivity contribution in [1.29, 1.82) is 0 Å². The number of fused-ring (bicyclic) bond motifs is 1. The van der Waals surface area contributed by atoms with Crippen molar-refractivity contribution >= 4 is 0 Å². The van der Waals surface area contributed by atoms with E-state index in [2.05, 4.69) is 0 Å². The molecule has 0 aromatic heterocycles. The van der Waals surface area contributed by atoms with Crippen LogP contribution in [0.25, 0.3) is 0 Å². The van der Waals surface area contributed by atoms with Crippen molar-refractivity contribution in [2.24, 2.45) is 0 Å². The average Bonchev–Trinajstić information content (AvgIpc) is 2.75. The van der Waals surface area contributed by atoms with E-state index in [0.29, 0.717) is 19.8 Å². The fraction of sp³-hybridized carbons (Fsp3) is 0.500. The minimum absolute atomic E-state index is 0.203. The van der Waals surface area contributed by atoms with Gasteiger partial charge >= 0.3 is 0 Å². The lowest BCUT2D eigenvalue weighted by Gasteiger charge is -2.15. The normalized spacial score (nSPS) is 15.1. The van der Waals surface area contributed by atoms with E-state index in [-0.39, 0.29) is 6.29 Å². The van der Waals surface area contributed by atoms with E-state index in [1.165, 1.54) is 0 Å². The van der Waals surface area contributed by atoms with Crippen LogP contribution < -0.4 is 9.47 Å². The number of hydrogen-bond acceptors (Lipinski definition) is 4. The average molecular weight is 224 g/mol. The summed E-state index contributed by atoms with van der Waals surface area (Å²) in [5.74, 6) is 1.60. The second-order valence-electron chi connectivity index (χ2n) is 3.51. The van der Waals surface area contributed by atoms with Crippen LogP contribution in [0.1, 0.15) is 12.5 Å². The molecule has 1 heterocycles. The highest BCUT2D eigenvalue weighted by molar-refractivity contribution is 5.44. The van der Waals surface area contributed by atoms with Crippen LogP contribution in [-0.2, 0) is 15.9 Å². The molecule has 0 bridgehead atoms. The Kier molecular flexibility index (Phi) is 3.64. The Balaban J connectivity index is 2.04. The molecule has 0 radical (unpaired) electrons. The summed E-state index contributed by atoms with van der Waals surface area (Å²) in [5, 5.41) is 0. The second kappa shape index (κ2) is 5.18. The van der Waals surface area contributed by atoms with Crippen LogP contribution in [0.5, 0.6) is 11.5 Å². The summed E-state index contributed by atoms with van der Waals surface area (Å²) >= 11 is 0. The first-order valence-electron chi connectivity index (χ1n) is 5.36. The molecule has 1 atom stereocenters. The predicted octanol–water partition coefficient (Wildman–Crippen LogP) is 1.97. The van der Waals surface area contributed by atoms with Gasteiger partial charge in [0.15, 0.2) is 17.8 Å². The van der Waals surface area contributed by atoms with Gasteiger partial charge in [0.1, 0.15) is 0 Å². The lowest BCUT2D eigenvalue weighted by Crippen LogP contribution is -2.18. The van der Waals surface area contributed by atoms with Crippen molar-refractivity contribution in [2.45, 2.75) is 19.6 Å². The van der Waals surface area contributed by atoms with E-state index in [0.717, 1.165) is 17.1 Å². The van der Waals surface area contributed by atoms with Gasteiger partial charge in [-0.15, -0.1) is 0 Å². The van der Waals surface area contributed by atoms with Gasteiger partial charge in [0, 0.05) is 20.1 Å². The number of rotatable bonds is 5. The van der Waals surface area contributed by atoms with Gasteiger partial charge in [0.2, 0.25) is 6.79 Å². The van der Waals surface area contributed by atoms with Crippen LogP contribution in [0, 0.1) is 0 Å². The first-order chi connectivity index (χ1) is 7.83. The Hall–Kier alpha value is -1.26. The topological polar surface area (TPSA) is 36.9 Å². The van der Waals surface area contributed by atoms with Crippen LogP contribution in [0.4, 0.5) is 0 Å². The van der Waals surface area contributed by atoms with Crippen molar-refractivity contribution in [2.75, 3.05) is 20.5 Å². The van der Waals surface area contributed by atoms with Gasteiger partial charge < -0.3 is 18.9 Å². The lowest BCUT2D eigenvalue weighted by atomic mass is 10.1. The Bertz CT molecular complexity index is 351. The van der Waals surface area contributed by atoms with Crippen LogP contribution in [0.3, 0.4) is 0 Å². The van der Waals surface area contributed by atoms with Crippen LogP contribution in [0.2, 0.25) is 0 Å². The third-order valence-electron chi connectivity index (χ3n) is 2.45. The largest absolute Gasteiger partial charge is 0.454 e. The molecular formula is C12H16O4. The molecule has 0 fully saturated rings. The van der Waals surface area contributed by atoms with Gasteiger partial charge in [0.25, 0.3) is 0 Å². The predicted molar refractivity (Wildman–Crippen MR) is 58.7 cm³/mol. The molecule has 88 valence electrons. The van der Waals surface area contributed by atoms with Gasteiger partial charge in [0.05, 0.1) is 0 Å². The molecule has 0 saturated carbocycles. The molecule has 0 saturated heterocycles. The van der Waals surface area contributed by atoms with Crippen LogP contribution in [-0.4, -0.2) is 26.8 Å². The van der Waals surface area contributed by atoms with Gasteiger partial charge in [-0.1, -0.05) is 6.07 Å². The zero-order chi connectivity index (χ0) is 11.4. The summed E-state index contributed by atoms with van der Waals surface area (Å²) in [6, 6.07) is 5.88. The summed E-state index contributed by atoms with van der Waals surface area (Å²) in [6.07, 6.45) is 0.506. The molecule has 1 aliphatic heterocycles. The van der Waals surface area contributed by atoms with Crippen LogP contribution >= 0.6 is 0 Å². The maximum atomic E-state index is 5.42. The van der Waals surface area contributed by atoms with E-state index >= 15 is 0 Å². The summed E-state index contributed by atoms with van der Waals surface area (Å²) in [4.78, 5) is 0. The zero-order valence-corrected chi connectivity index (χ0v) is 9.56. The summed E-state index contributed by atoms with van der Waals surface area (Å²) < 4.78 is 21.2.